The van der Waals surface area contributed by atoms with E-state index in [1.807, 2.05) is 6.92 Å². The maximum atomic E-state index is 5.30. The van der Waals surface area contributed by atoms with E-state index in [0.717, 1.165) is 43.4 Å². The van der Waals surface area contributed by atoms with Gasteiger partial charge in [-0.15, -0.1) is 11.3 Å². The summed E-state index contributed by atoms with van der Waals surface area (Å²) >= 11 is 1.71. The SMILES string of the molecule is CCCNCC(COC)N(C)Cc1csc(C)n1. The summed E-state index contributed by atoms with van der Waals surface area (Å²) < 4.78 is 5.30. The quantitative estimate of drug-likeness (QED) is 0.696. The van der Waals surface area contributed by atoms with E-state index < -0.39 is 0 Å². The van der Waals surface area contributed by atoms with E-state index in [9.17, 15) is 0 Å². The van der Waals surface area contributed by atoms with Gasteiger partial charge in [0.25, 0.3) is 0 Å². The molecule has 1 unspecified atom stereocenters. The van der Waals surface area contributed by atoms with Gasteiger partial charge in [0.2, 0.25) is 0 Å². The van der Waals surface area contributed by atoms with Crippen LogP contribution in [0, 0.1) is 6.92 Å². The summed E-state index contributed by atoms with van der Waals surface area (Å²) in [5.41, 5.74) is 1.15. The second kappa shape index (κ2) is 8.58. The van der Waals surface area contributed by atoms with Crippen LogP contribution in [0.25, 0.3) is 0 Å². The smallest absolute Gasteiger partial charge is 0.0897 e. The summed E-state index contributed by atoms with van der Waals surface area (Å²) in [6.45, 7) is 7.87. The molecule has 0 saturated heterocycles. The monoisotopic (exact) mass is 271 g/mol. The van der Waals surface area contributed by atoms with Crippen LogP contribution in [0.5, 0.6) is 0 Å². The van der Waals surface area contributed by atoms with E-state index in [0.29, 0.717) is 6.04 Å². The minimum Gasteiger partial charge on any atom is -0.383 e. The summed E-state index contributed by atoms with van der Waals surface area (Å²) in [6.07, 6.45) is 1.16. The van der Waals surface area contributed by atoms with Crippen LogP contribution in [0.4, 0.5) is 0 Å². The largest absolute Gasteiger partial charge is 0.383 e. The summed E-state index contributed by atoms with van der Waals surface area (Å²) in [5.74, 6) is 0. The first kappa shape index (κ1) is 15.6. The first-order valence-corrected chi connectivity index (χ1v) is 7.36. The fraction of sp³-hybridized carbons (Fsp3) is 0.769. The highest BCUT2D eigenvalue weighted by atomic mass is 32.1. The van der Waals surface area contributed by atoms with Gasteiger partial charge in [-0.2, -0.15) is 0 Å². The van der Waals surface area contributed by atoms with Crippen molar-refractivity contribution in [3.05, 3.63) is 16.1 Å². The fourth-order valence-electron chi connectivity index (χ4n) is 1.85. The molecule has 1 heterocycles. The van der Waals surface area contributed by atoms with E-state index >= 15 is 0 Å². The number of aromatic nitrogens is 1. The molecule has 1 rings (SSSR count). The summed E-state index contributed by atoms with van der Waals surface area (Å²) in [5, 5.41) is 6.72. The molecule has 0 bridgehead atoms. The van der Waals surface area contributed by atoms with Gasteiger partial charge in [0.05, 0.1) is 17.3 Å². The third kappa shape index (κ3) is 5.44. The Balaban J connectivity index is 2.44. The van der Waals surface area contributed by atoms with Gasteiger partial charge in [0, 0.05) is 31.6 Å². The number of methoxy groups -OCH3 is 1. The Hall–Kier alpha value is -0.490. The van der Waals surface area contributed by atoms with E-state index in [2.05, 4.69) is 34.6 Å². The number of hydrogen-bond donors (Lipinski definition) is 1. The Kier molecular flexibility index (Phi) is 7.42. The maximum Gasteiger partial charge on any atom is 0.0897 e. The van der Waals surface area contributed by atoms with Gasteiger partial charge >= 0.3 is 0 Å². The predicted molar refractivity (Wildman–Crippen MR) is 77.1 cm³/mol. The van der Waals surface area contributed by atoms with Gasteiger partial charge in [0.15, 0.2) is 0 Å². The summed E-state index contributed by atoms with van der Waals surface area (Å²) in [7, 11) is 3.89. The third-order valence-corrected chi connectivity index (χ3v) is 3.69. The van der Waals surface area contributed by atoms with Crippen LogP contribution in [0.3, 0.4) is 0 Å². The molecule has 0 spiro atoms. The maximum absolute atomic E-state index is 5.30. The average Bonchev–Trinajstić information content (AvgIpc) is 2.74. The number of aryl methyl sites for hydroxylation is 1. The second-order valence-electron chi connectivity index (χ2n) is 4.59. The Labute approximate surface area is 114 Å². The predicted octanol–water partition coefficient (Wildman–Crippen LogP) is 1.90. The van der Waals surface area contributed by atoms with Crippen molar-refractivity contribution in [1.82, 2.24) is 15.2 Å². The zero-order valence-corrected chi connectivity index (χ0v) is 12.7. The van der Waals surface area contributed by atoms with Crippen molar-refractivity contribution < 1.29 is 4.74 Å². The number of nitrogens with one attached hydrogen (secondary N) is 1. The highest BCUT2D eigenvalue weighted by Crippen LogP contribution is 2.11. The van der Waals surface area contributed by atoms with E-state index in [1.54, 1.807) is 18.4 Å². The average molecular weight is 271 g/mol. The van der Waals surface area contributed by atoms with Crippen LogP contribution in [0.2, 0.25) is 0 Å². The highest BCUT2D eigenvalue weighted by Gasteiger charge is 2.15. The van der Waals surface area contributed by atoms with Crippen LogP contribution >= 0.6 is 11.3 Å². The van der Waals surface area contributed by atoms with E-state index in [-0.39, 0.29) is 0 Å². The summed E-state index contributed by atoms with van der Waals surface area (Å²) in [4.78, 5) is 6.81. The zero-order valence-electron chi connectivity index (χ0n) is 11.9. The van der Waals surface area contributed by atoms with Gasteiger partial charge in [0.1, 0.15) is 0 Å². The molecule has 1 aromatic heterocycles. The molecular weight excluding hydrogens is 246 g/mol. The molecule has 1 atom stereocenters. The molecule has 0 radical (unpaired) electrons. The van der Waals surface area contributed by atoms with E-state index in [4.69, 9.17) is 4.74 Å². The van der Waals surface area contributed by atoms with Gasteiger partial charge in [-0.25, -0.2) is 4.98 Å². The molecule has 1 N–H and O–H groups in total. The molecule has 18 heavy (non-hydrogen) atoms. The van der Waals surface area contributed by atoms with Crippen molar-refractivity contribution in [2.45, 2.75) is 32.9 Å². The number of rotatable bonds is 9. The van der Waals surface area contributed by atoms with Crippen molar-refractivity contribution in [2.75, 3.05) is 33.9 Å². The number of thiazole rings is 1. The van der Waals surface area contributed by atoms with Crippen LogP contribution < -0.4 is 5.32 Å². The van der Waals surface area contributed by atoms with Gasteiger partial charge < -0.3 is 10.1 Å². The van der Waals surface area contributed by atoms with Gasteiger partial charge in [-0.1, -0.05) is 6.92 Å². The lowest BCUT2D eigenvalue weighted by molar-refractivity contribution is 0.101. The summed E-state index contributed by atoms with van der Waals surface area (Å²) in [6, 6.07) is 0.392. The number of nitrogens with zero attached hydrogens (tertiary/aromatic N) is 2. The lowest BCUT2D eigenvalue weighted by Crippen LogP contribution is -2.43. The van der Waals surface area contributed by atoms with Crippen LogP contribution in [-0.2, 0) is 11.3 Å². The lowest BCUT2D eigenvalue weighted by atomic mass is 10.2. The fourth-order valence-corrected chi connectivity index (χ4v) is 2.45. The van der Waals surface area contributed by atoms with Crippen molar-refractivity contribution in [2.24, 2.45) is 0 Å². The number of likely N-dealkylation sites (N-methyl/N-ethyl adjacent to an activating group) is 1. The number of hydrogen-bond acceptors (Lipinski definition) is 5. The standard InChI is InChI=1S/C13H25N3OS/c1-5-6-14-7-13(9-17-4)16(3)8-12-10-18-11(2)15-12/h10,13-14H,5-9H2,1-4H3. The van der Waals surface area contributed by atoms with Crippen LogP contribution in [0.1, 0.15) is 24.0 Å². The molecule has 5 heteroatoms. The molecule has 0 aliphatic rings. The first-order chi connectivity index (χ1) is 8.67. The third-order valence-electron chi connectivity index (χ3n) is 2.87. The molecule has 0 aromatic carbocycles. The normalized spacial score (nSPS) is 13.2. The van der Waals surface area contributed by atoms with Gasteiger partial charge in [-0.05, 0) is 26.9 Å². The van der Waals surface area contributed by atoms with Gasteiger partial charge in [-0.3, -0.25) is 4.90 Å². The van der Waals surface area contributed by atoms with Crippen molar-refractivity contribution in [3.8, 4) is 0 Å². The molecule has 1 aromatic rings. The number of ether oxygens (including phenoxy) is 1. The zero-order chi connectivity index (χ0) is 13.4. The Bertz CT molecular complexity index is 330. The molecular formula is C13H25N3OS. The second-order valence-corrected chi connectivity index (χ2v) is 5.65. The lowest BCUT2D eigenvalue weighted by Gasteiger charge is -2.27. The van der Waals surface area contributed by atoms with E-state index in [1.165, 1.54) is 0 Å². The molecule has 0 aliphatic carbocycles. The Morgan fingerprint density at radius 1 is 1.56 bits per heavy atom. The molecule has 0 amide bonds. The molecule has 0 fully saturated rings. The van der Waals surface area contributed by atoms with Crippen molar-refractivity contribution >= 4 is 11.3 Å². The Morgan fingerprint density at radius 3 is 2.89 bits per heavy atom. The first-order valence-electron chi connectivity index (χ1n) is 6.48. The van der Waals surface area contributed by atoms with Crippen LogP contribution in [-0.4, -0.2) is 49.8 Å². The Morgan fingerprint density at radius 2 is 2.33 bits per heavy atom. The topological polar surface area (TPSA) is 37.4 Å². The molecule has 104 valence electrons. The highest BCUT2D eigenvalue weighted by molar-refractivity contribution is 7.09. The van der Waals surface area contributed by atoms with Crippen molar-refractivity contribution in [1.29, 1.82) is 0 Å². The van der Waals surface area contributed by atoms with Crippen LogP contribution in [0.15, 0.2) is 5.38 Å². The molecule has 0 aliphatic heterocycles. The minimum atomic E-state index is 0.392. The molecule has 4 nitrogen and oxygen atoms in total. The minimum absolute atomic E-state index is 0.392. The van der Waals surface area contributed by atoms with Crippen molar-refractivity contribution in [3.63, 3.8) is 0 Å². The molecule has 0 saturated carbocycles.